The van der Waals surface area contributed by atoms with Gasteiger partial charge in [-0.1, -0.05) is 11.6 Å². The topological polar surface area (TPSA) is 38.2 Å². The van der Waals surface area contributed by atoms with Gasteiger partial charge in [0.15, 0.2) is 0 Å². The molecule has 4 nitrogen and oxygen atoms in total. The summed E-state index contributed by atoms with van der Waals surface area (Å²) in [6.07, 6.45) is 3.24. The number of anilines is 1. The highest BCUT2D eigenvalue weighted by molar-refractivity contribution is 6.29. The second kappa shape index (κ2) is 5.88. The van der Waals surface area contributed by atoms with Crippen LogP contribution in [0.3, 0.4) is 0 Å². The Balaban J connectivity index is 2.79. The van der Waals surface area contributed by atoms with Gasteiger partial charge in [-0.15, -0.1) is 0 Å². The highest BCUT2D eigenvalue weighted by Crippen LogP contribution is 2.14. The van der Waals surface area contributed by atoms with E-state index in [4.69, 9.17) is 16.3 Å². The van der Waals surface area contributed by atoms with Crippen molar-refractivity contribution in [3.8, 4) is 0 Å². The van der Waals surface area contributed by atoms with Crippen molar-refractivity contribution >= 4 is 17.4 Å². The van der Waals surface area contributed by atoms with Crippen LogP contribution in [-0.2, 0) is 4.74 Å². The fourth-order valence-corrected chi connectivity index (χ4v) is 1.44. The van der Waals surface area contributed by atoms with Gasteiger partial charge in [-0.05, 0) is 13.8 Å². The van der Waals surface area contributed by atoms with E-state index in [0.717, 1.165) is 12.4 Å². The molecule has 0 radical (unpaired) electrons. The van der Waals surface area contributed by atoms with Crippen molar-refractivity contribution in [3.63, 3.8) is 0 Å². The van der Waals surface area contributed by atoms with Crippen LogP contribution in [0.4, 0.5) is 5.82 Å². The summed E-state index contributed by atoms with van der Waals surface area (Å²) < 4.78 is 5.05. The van der Waals surface area contributed by atoms with Crippen LogP contribution in [0.1, 0.15) is 13.8 Å². The Morgan fingerprint density at radius 2 is 2.20 bits per heavy atom. The summed E-state index contributed by atoms with van der Waals surface area (Å²) in [6.45, 7) is 5.63. The minimum absolute atomic E-state index is 0.341. The standard InChI is InChI=1S/C10H16ClN3O/c1-8(2)14(4-5-15-3)10-7-12-6-9(11)13-10/h6-8H,4-5H2,1-3H3. The summed E-state index contributed by atoms with van der Waals surface area (Å²) >= 11 is 5.80. The Morgan fingerprint density at radius 1 is 1.47 bits per heavy atom. The normalized spacial score (nSPS) is 10.7. The summed E-state index contributed by atoms with van der Waals surface area (Å²) in [5.74, 6) is 0.787. The smallest absolute Gasteiger partial charge is 0.149 e. The zero-order valence-corrected chi connectivity index (χ0v) is 10.0. The molecule has 84 valence electrons. The highest BCUT2D eigenvalue weighted by Gasteiger charge is 2.11. The Labute approximate surface area is 95.2 Å². The van der Waals surface area contributed by atoms with Gasteiger partial charge in [-0.2, -0.15) is 0 Å². The van der Waals surface area contributed by atoms with Gasteiger partial charge in [0.05, 0.1) is 19.0 Å². The zero-order chi connectivity index (χ0) is 11.3. The molecule has 0 atom stereocenters. The van der Waals surface area contributed by atoms with E-state index in [1.54, 1.807) is 13.3 Å². The van der Waals surface area contributed by atoms with E-state index >= 15 is 0 Å². The first-order valence-electron chi connectivity index (χ1n) is 4.88. The molecule has 5 heteroatoms. The number of methoxy groups -OCH3 is 1. The predicted octanol–water partition coefficient (Wildman–Crippen LogP) is 1.99. The van der Waals surface area contributed by atoms with Gasteiger partial charge < -0.3 is 9.64 Å². The van der Waals surface area contributed by atoms with E-state index in [1.807, 2.05) is 0 Å². The first-order valence-corrected chi connectivity index (χ1v) is 5.26. The minimum Gasteiger partial charge on any atom is -0.383 e. The van der Waals surface area contributed by atoms with Crippen molar-refractivity contribution < 1.29 is 4.74 Å². The molecular weight excluding hydrogens is 214 g/mol. The van der Waals surface area contributed by atoms with Gasteiger partial charge in [-0.3, -0.25) is 4.98 Å². The van der Waals surface area contributed by atoms with Crippen LogP contribution in [-0.4, -0.2) is 36.3 Å². The first-order chi connectivity index (χ1) is 7.15. The van der Waals surface area contributed by atoms with Crippen LogP contribution in [0.5, 0.6) is 0 Å². The number of nitrogens with zero attached hydrogens (tertiary/aromatic N) is 3. The molecule has 1 aromatic heterocycles. The Hall–Kier alpha value is -0.870. The SMILES string of the molecule is COCCN(c1cncc(Cl)n1)C(C)C. The fourth-order valence-electron chi connectivity index (χ4n) is 1.30. The van der Waals surface area contributed by atoms with Gasteiger partial charge in [0.25, 0.3) is 0 Å². The molecule has 1 aromatic rings. The van der Waals surface area contributed by atoms with Crippen LogP contribution >= 0.6 is 11.6 Å². The molecule has 0 unspecified atom stereocenters. The Morgan fingerprint density at radius 3 is 2.73 bits per heavy atom. The van der Waals surface area contributed by atoms with E-state index in [0.29, 0.717) is 17.8 Å². The molecule has 0 N–H and O–H groups in total. The average Bonchev–Trinajstić information content (AvgIpc) is 2.18. The van der Waals surface area contributed by atoms with E-state index in [1.165, 1.54) is 6.20 Å². The van der Waals surface area contributed by atoms with Crippen molar-refractivity contribution in [2.24, 2.45) is 0 Å². The van der Waals surface area contributed by atoms with Gasteiger partial charge in [0, 0.05) is 19.7 Å². The van der Waals surface area contributed by atoms with Crippen LogP contribution < -0.4 is 4.90 Å². The van der Waals surface area contributed by atoms with Gasteiger partial charge >= 0.3 is 0 Å². The number of rotatable bonds is 5. The van der Waals surface area contributed by atoms with Crippen LogP contribution in [0.15, 0.2) is 12.4 Å². The number of aromatic nitrogens is 2. The van der Waals surface area contributed by atoms with Crippen molar-refractivity contribution in [2.75, 3.05) is 25.2 Å². The molecule has 1 rings (SSSR count). The van der Waals surface area contributed by atoms with E-state index in [-0.39, 0.29) is 0 Å². The van der Waals surface area contributed by atoms with Crippen LogP contribution in [0.25, 0.3) is 0 Å². The lowest BCUT2D eigenvalue weighted by atomic mass is 10.3. The van der Waals surface area contributed by atoms with Gasteiger partial charge in [0.1, 0.15) is 11.0 Å². The molecule has 0 aliphatic carbocycles. The quantitative estimate of drug-likeness (QED) is 0.774. The molecule has 0 aromatic carbocycles. The maximum absolute atomic E-state index is 5.80. The molecule has 0 aliphatic rings. The number of hydrogen-bond donors (Lipinski definition) is 0. The largest absolute Gasteiger partial charge is 0.383 e. The summed E-state index contributed by atoms with van der Waals surface area (Å²) in [5.41, 5.74) is 0. The van der Waals surface area contributed by atoms with Crippen molar-refractivity contribution in [3.05, 3.63) is 17.5 Å². The molecule has 0 bridgehead atoms. The van der Waals surface area contributed by atoms with Crippen LogP contribution in [0.2, 0.25) is 5.15 Å². The predicted molar refractivity (Wildman–Crippen MR) is 61.4 cm³/mol. The molecule has 0 spiro atoms. The maximum atomic E-state index is 5.80. The Bertz CT molecular complexity index is 306. The van der Waals surface area contributed by atoms with E-state index in [2.05, 4.69) is 28.7 Å². The lowest BCUT2D eigenvalue weighted by Crippen LogP contribution is -2.34. The lowest BCUT2D eigenvalue weighted by Gasteiger charge is -2.27. The molecule has 1 heterocycles. The van der Waals surface area contributed by atoms with Gasteiger partial charge in [-0.25, -0.2) is 4.98 Å². The van der Waals surface area contributed by atoms with E-state index < -0.39 is 0 Å². The lowest BCUT2D eigenvalue weighted by molar-refractivity contribution is 0.203. The summed E-state index contributed by atoms with van der Waals surface area (Å²) in [7, 11) is 1.68. The van der Waals surface area contributed by atoms with E-state index in [9.17, 15) is 0 Å². The third-order valence-corrected chi connectivity index (χ3v) is 2.23. The van der Waals surface area contributed by atoms with Crippen molar-refractivity contribution in [1.29, 1.82) is 0 Å². The second-order valence-corrected chi connectivity index (χ2v) is 3.87. The van der Waals surface area contributed by atoms with Crippen molar-refractivity contribution in [2.45, 2.75) is 19.9 Å². The van der Waals surface area contributed by atoms with Crippen molar-refractivity contribution in [1.82, 2.24) is 9.97 Å². The molecule has 0 saturated carbocycles. The third kappa shape index (κ3) is 3.64. The maximum Gasteiger partial charge on any atom is 0.149 e. The first kappa shape index (κ1) is 12.2. The number of halogens is 1. The Kier molecular flexibility index (Phi) is 4.78. The summed E-state index contributed by atoms with van der Waals surface area (Å²) in [6, 6.07) is 0.341. The van der Waals surface area contributed by atoms with Crippen LogP contribution in [0, 0.1) is 0 Å². The fraction of sp³-hybridized carbons (Fsp3) is 0.600. The highest BCUT2D eigenvalue weighted by atomic mass is 35.5. The molecule has 0 fully saturated rings. The third-order valence-electron chi connectivity index (χ3n) is 2.05. The number of ether oxygens (including phenoxy) is 1. The van der Waals surface area contributed by atoms with Gasteiger partial charge in [0.2, 0.25) is 0 Å². The molecular formula is C10H16ClN3O. The zero-order valence-electron chi connectivity index (χ0n) is 9.27. The summed E-state index contributed by atoms with van der Waals surface area (Å²) in [5, 5.41) is 0.413. The molecule has 15 heavy (non-hydrogen) atoms. The minimum atomic E-state index is 0.341. The molecule has 0 aliphatic heterocycles. The molecule has 0 amide bonds. The average molecular weight is 230 g/mol. The molecule has 0 saturated heterocycles. The second-order valence-electron chi connectivity index (χ2n) is 3.48. The number of hydrogen-bond acceptors (Lipinski definition) is 4. The monoisotopic (exact) mass is 229 g/mol. The summed E-state index contributed by atoms with van der Waals surface area (Å²) in [4.78, 5) is 10.3.